The fourth-order valence-electron chi connectivity index (χ4n) is 3.25. The molecule has 8 nitrogen and oxygen atoms in total. The van der Waals surface area contributed by atoms with Crippen molar-refractivity contribution in [1.29, 1.82) is 0 Å². The van der Waals surface area contributed by atoms with Crippen LogP contribution in [-0.2, 0) is 0 Å². The van der Waals surface area contributed by atoms with Gasteiger partial charge >= 0.3 is 5.69 Å². The zero-order chi connectivity index (χ0) is 24.2. The molecule has 0 saturated heterocycles. The summed E-state index contributed by atoms with van der Waals surface area (Å²) in [5.41, 5.74) is 2.46. The average molecular weight is 518 g/mol. The van der Waals surface area contributed by atoms with Crippen LogP contribution < -0.4 is 11.2 Å². The van der Waals surface area contributed by atoms with Crippen LogP contribution in [-0.4, -0.2) is 20.9 Å². The molecular formula is C25H20BrN5O3. The minimum absolute atomic E-state index is 0.132. The highest BCUT2D eigenvalue weighted by molar-refractivity contribution is 9.10. The summed E-state index contributed by atoms with van der Waals surface area (Å²) in [7, 11) is 0. The maximum atomic E-state index is 12.5. The van der Waals surface area contributed by atoms with E-state index in [0.717, 1.165) is 25.9 Å². The Kier molecular flexibility index (Phi) is 6.65. The fraction of sp³-hybridized carbons (Fsp3) is 0.0800. The molecule has 0 spiro atoms. The monoisotopic (exact) mass is 517 g/mol. The number of aliphatic imine (C=N–C) groups is 1. The Morgan fingerprint density at radius 3 is 2.15 bits per heavy atom. The molecule has 170 valence electrons. The molecule has 9 heteroatoms. The number of hydrogen-bond acceptors (Lipinski definition) is 6. The van der Waals surface area contributed by atoms with E-state index >= 15 is 0 Å². The Morgan fingerprint density at radius 2 is 1.47 bits per heavy atom. The van der Waals surface area contributed by atoms with Gasteiger partial charge in [-0.25, -0.2) is 9.36 Å². The summed E-state index contributed by atoms with van der Waals surface area (Å²) in [5.74, 6) is -0.490. The molecule has 0 fully saturated rings. The lowest BCUT2D eigenvalue weighted by molar-refractivity contribution is 0.430. The highest BCUT2D eigenvalue weighted by Crippen LogP contribution is 2.27. The van der Waals surface area contributed by atoms with Gasteiger partial charge < -0.3 is 5.11 Å². The number of H-pyrrole nitrogens is 1. The first-order valence-electron chi connectivity index (χ1n) is 10.3. The smallest absolute Gasteiger partial charge is 0.335 e. The molecule has 34 heavy (non-hydrogen) atoms. The summed E-state index contributed by atoms with van der Waals surface area (Å²) >= 11 is 3.45. The van der Waals surface area contributed by atoms with E-state index in [0.29, 0.717) is 17.1 Å². The van der Waals surface area contributed by atoms with Gasteiger partial charge in [-0.3, -0.25) is 14.8 Å². The summed E-state index contributed by atoms with van der Waals surface area (Å²) < 4.78 is 1.93. The summed E-state index contributed by atoms with van der Waals surface area (Å²) in [6.07, 6.45) is 1.23. The Balaban J connectivity index is 1.64. The van der Waals surface area contributed by atoms with E-state index in [2.05, 4.69) is 36.1 Å². The van der Waals surface area contributed by atoms with Gasteiger partial charge in [-0.1, -0.05) is 34.1 Å². The van der Waals surface area contributed by atoms with Crippen LogP contribution in [0.3, 0.4) is 0 Å². The van der Waals surface area contributed by atoms with E-state index in [9.17, 15) is 14.7 Å². The first-order chi connectivity index (χ1) is 16.3. The first-order valence-corrected chi connectivity index (χ1v) is 11.1. The van der Waals surface area contributed by atoms with Gasteiger partial charge in [0.25, 0.3) is 5.56 Å². The van der Waals surface area contributed by atoms with Crippen molar-refractivity contribution in [3.8, 4) is 11.6 Å². The molecule has 0 bridgehead atoms. The lowest BCUT2D eigenvalue weighted by Crippen LogP contribution is -2.31. The lowest BCUT2D eigenvalue weighted by atomic mass is 10.1. The molecule has 0 amide bonds. The molecule has 3 aromatic carbocycles. The van der Waals surface area contributed by atoms with Crippen molar-refractivity contribution in [3.05, 3.63) is 109 Å². The van der Waals surface area contributed by atoms with E-state index in [1.54, 1.807) is 36.4 Å². The third kappa shape index (κ3) is 4.79. The van der Waals surface area contributed by atoms with Crippen molar-refractivity contribution < 1.29 is 5.11 Å². The Labute approximate surface area is 203 Å². The van der Waals surface area contributed by atoms with E-state index < -0.39 is 17.1 Å². The number of nitrogens with zero attached hydrogens (tertiary/aromatic N) is 4. The van der Waals surface area contributed by atoms with Crippen LogP contribution in [0.1, 0.15) is 16.7 Å². The van der Waals surface area contributed by atoms with Crippen molar-refractivity contribution in [2.75, 3.05) is 0 Å². The van der Waals surface area contributed by atoms with E-state index in [1.807, 2.05) is 44.2 Å². The van der Waals surface area contributed by atoms with Crippen molar-refractivity contribution >= 4 is 39.2 Å². The van der Waals surface area contributed by atoms with Crippen LogP contribution in [0.25, 0.3) is 5.69 Å². The van der Waals surface area contributed by atoms with Crippen molar-refractivity contribution in [1.82, 2.24) is 9.55 Å². The molecular weight excluding hydrogens is 498 g/mol. The number of aromatic hydroxyl groups is 1. The first kappa shape index (κ1) is 23.1. The zero-order valence-corrected chi connectivity index (χ0v) is 19.9. The number of nitrogens with one attached hydrogen (secondary N) is 1. The van der Waals surface area contributed by atoms with Gasteiger partial charge in [-0.15, -0.1) is 0 Å². The largest absolute Gasteiger partial charge is 0.493 e. The van der Waals surface area contributed by atoms with Crippen LogP contribution in [0.2, 0.25) is 0 Å². The van der Waals surface area contributed by atoms with Gasteiger partial charge in [0, 0.05) is 10.7 Å². The van der Waals surface area contributed by atoms with Crippen LogP contribution in [0.5, 0.6) is 5.88 Å². The van der Waals surface area contributed by atoms with E-state index in [-0.39, 0.29) is 5.56 Å². The number of aromatic amines is 1. The minimum atomic E-state index is -0.738. The third-order valence-corrected chi connectivity index (χ3v) is 6.14. The second kappa shape index (κ2) is 9.80. The summed E-state index contributed by atoms with van der Waals surface area (Å²) in [6.45, 7) is 3.72. The lowest BCUT2D eigenvalue weighted by Gasteiger charge is -2.14. The molecule has 0 aliphatic carbocycles. The second-order valence-corrected chi connectivity index (χ2v) is 8.31. The summed E-state index contributed by atoms with van der Waals surface area (Å²) in [6, 6.07) is 19.7. The Morgan fingerprint density at radius 1 is 0.853 bits per heavy atom. The molecule has 0 aliphatic rings. The highest BCUT2D eigenvalue weighted by atomic mass is 79.9. The molecule has 0 atom stereocenters. The number of benzene rings is 3. The standard InChI is InChI=1S/C25H20BrN5O3/c1-15-16(2)22(13-12-21(15)26)31-24(33)20(23(32)28-25(31)34)14-27-17-8-10-19(11-9-17)30-29-18-6-4-3-5-7-18/h3-14,33H,1-2H3,(H,28,32,34). The van der Waals surface area contributed by atoms with Gasteiger partial charge in [-0.05, 0) is 73.5 Å². The quantitative estimate of drug-likeness (QED) is 0.258. The van der Waals surface area contributed by atoms with Crippen LogP contribution in [0.4, 0.5) is 17.1 Å². The molecule has 0 radical (unpaired) electrons. The molecule has 0 aliphatic heterocycles. The SMILES string of the molecule is Cc1c(Br)ccc(-n2c(O)c(C=Nc3ccc(N=Nc4ccccc4)cc3)c(=O)[nH]c2=O)c1C. The third-order valence-electron chi connectivity index (χ3n) is 5.28. The van der Waals surface area contributed by atoms with Gasteiger partial charge in [0.05, 0.1) is 22.7 Å². The maximum absolute atomic E-state index is 12.5. The van der Waals surface area contributed by atoms with Crippen molar-refractivity contribution in [2.24, 2.45) is 15.2 Å². The zero-order valence-electron chi connectivity index (χ0n) is 18.4. The summed E-state index contributed by atoms with van der Waals surface area (Å²) in [4.78, 5) is 31.4. The number of aromatic nitrogens is 2. The summed E-state index contributed by atoms with van der Waals surface area (Å²) in [5, 5.41) is 19.1. The molecule has 1 heterocycles. The minimum Gasteiger partial charge on any atom is -0.493 e. The Hall–Kier alpha value is -4.11. The second-order valence-electron chi connectivity index (χ2n) is 7.46. The van der Waals surface area contributed by atoms with Gasteiger partial charge in [0.15, 0.2) is 0 Å². The Bertz CT molecular complexity index is 1520. The molecule has 2 N–H and O–H groups in total. The van der Waals surface area contributed by atoms with E-state index in [1.165, 1.54) is 6.21 Å². The van der Waals surface area contributed by atoms with Gasteiger partial charge in [-0.2, -0.15) is 10.2 Å². The molecule has 0 unspecified atom stereocenters. The van der Waals surface area contributed by atoms with Crippen LogP contribution in [0, 0.1) is 13.8 Å². The maximum Gasteiger partial charge on any atom is 0.335 e. The normalized spacial score (nSPS) is 11.5. The van der Waals surface area contributed by atoms with Gasteiger partial charge in [0.2, 0.25) is 5.88 Å². The molecule has 0 saturated carbocycles. The topological polar surface area (TPSA) is 112 Å². The average Bonchev–Trinajstić information content (AvgIpc) is 2.83. The van der Waals surface area contributed by atoms with Crippen molar-refractivity contribution in [3.63, 3.8) is 0 Å². The van der Waals surface area contributed by atoms with Crippen molar-refractivity contribution in [2.45, 2.75) is 13.8 Å². The molecule has 1 aromatic heterocycles. The highest BCUT2D eigenvalue weighted by Gasteiger charge is 2.17. The predicted octanol–water partition coefficient (Wildman–Crippen LogP) is 5.78. The fourth-order valence-corrected chi connectivity index (χ4v) is 3.68. The molecule has 4 rings (SSSR count). The number of hydrogen-bond donors (Lipinski definition) is 2. The van der Waals surface area contributed by atoms with Crippen LogP contribution >= 0.6 is 15.9 Å². The number of halogens is 1. The van der Waals surface area contributed by atoms with E-state index in [4.69, 9.17) is 0 Å². The van der Waals surface area contributed by atoms with Crippen LogP contribution in [0.15, 0.2) is 96.0 Å². The van der Waals surface area contributed by atoms with Gasteiger partial charge in [0.1, 0.15) is 5.56 Å². The number of rotatable bonds is 5. The molecule has 4 aromatic rings. The predicted molar refractivity (Wildman–Crippen MR) is 136 cm³/mol. The number of azo groups is 1.